The summed E-state index contributed by atoms with van der Waals surface area (Å²) in [6.07, 6.45) is 5.68. The van der Waals surface area contributed by atoms with Gasteiger partial charge in [0.15, 0.2) is 11.5 Å². The molecule has 228 valence electrons. The van der Waals surface area contributed by atoms with E-state index in [0.29, 0.717) is 28.2 Å². The summed E-state index contributed by atoms with van der Waals surface area (Å²) in [7, 11) is 0. The number of nitrogens with one attached hydrogen (secondary N) is 3. The fraction of sp³-hybridized carbons (Fsp3) is 0.469. The average molecular weight is 622 g/mol. The maximum Gasteiger partial charge on any atom is 0.254 e. The number of nitrogens with zero attached hydrogens (tertiary/aromatic N) is 2. The number of benzene rings is 1. The number of thioether (sulfide) groups is 2. The van der Waals surface area contributed by atoms with Gasteiger partial charge in [-0.25, -0.2) is 4.98 Å². The summed E-state index contributed by atoms with van der Waals surface area (Å²) in [4.78, 5) is 37.3. The molecule has 6 rings (SSSR count). The van der Waals surface area contributed by atoms with Crippen molar-refractivity contribution >= 4 is 35.2 Å². The van der Waals surface area contributed by atoms with E-state index in [1.165, 1.54) is 11.8 Å². The Hall–Kier alpha value is -3.15. The first-order valence-corrected chi connectivity index (χ1v) is 17.3. The van der Waals surface area contributed by atoms with Gasteiger partial charge in [-0.3, -0.25) is 9.59 Å². The van der Waals surface area contributed by atoms with Crippen LogP contribution in [0.5, 0.6) is 11.5 Å². The van der Waals surface area contributed by atoms with E-state index < -0.39 is 5.79 Å². The quantitative estimate of drug-likeness (QED) is 0.322. The number of anilines is 1. The molecule has 5 heterocycles. The van der Waals surface area contributed by atoms with Crippen LogP contribution >= 0.6 is 23.5 Å². The van der Waals surface area contributed by atoms with Gasteiger partial charge in [-0.2, -0.15) is 11.8 Å². The maximum absolute atomic E-state index is 13.8. The molecule has 11 heteroatoms. The number of rotatable bonds is 7. The van der Waals surface area contributed by atoms with Gasteiger partial charge in [-0.15, -0.1) is 11.8 Å². The summed E-state index contributed by atoms with van der Waals surface area (Å²) in [5, 5.41) is 6.42. The van der Waals surface area contributed by atoms with Crippen LogP contribution in [-0.4, -0.2) is 65.6 Å². The number of aryl methyl sites for hydroxylation is 1. The highest BCUT2D eigenvalue weighted by atomic mass is 32.2. The fourth-order valence-corrected chi connectivity index (χ4v) is 7.78. The molecule has 1 atom stereocenters. The zero-order valence-electron chi connectivity index (χ0n) is 25.2. The summed E-state index contributed by atoms with van der Waals surface area (Å²) >= 11 is 3.46. The Morgan fingerprint density at radius 1 is 1.16 bits per heavy atom. The van der Waals surface area contributed by atoms with Crippen molar-refractivity contribution in [2.75, 3.05) is 48.8 Å². The van der Waals surface area contributed by atoms with Gasteiger partial charge in [0.1, 0.15) is 5.82 Å². The summed E-state index contributed by atoms with van der Waals surface area (Å²) in [5.74, 6) is 3.50. The number of pyridine rings is 2. The molecule has 3 aromatic rings. The first kappa shape index (κ1) is 29.9. The second-order valence-electron chi connectivity index (χ2n) is 11.5. The predicted molar refractivity (Wildman–Crippen MR) is 174 cm³/mol. The molecule has 2 aromatic heterocycles. The number of piperidine rings is 1. The molecule has 1 unspecified atom stereocenters. The van der Waals surface area contributed by atoms with Crippen molar-refractivity contribution in [2.45, 2.75) is 50.8 Å². The molecule has 43 heavy (non-hydrogen) atoms. The highest BCUT2D eigenvalue weighted by molar-refractivity contribution is 7.99. The SMILES string of the molecule is CSc1cc(C)[nH]c(=O)c1CNC(=O)c1cc(-c2ccc(N3CCSCC3)nc2)c2c(c1C)OC(C)(C1CCNCC1)O2. The molecule has 2 saturated heterocycles. The number of ether oxygens (including phenoxy) is 2. The van der Waals surface area contributed by atoms with Gasteiger partial charge < -0.3 is 30.0 Å². The maximum atomic E-state index is 13.8. The third-order valence-electron chi connectivity index (χ3n) is 8.69. The number of amides is 1. The molecule has 0 bridgehead atoms. The van der Waals surface area contributed by atoms with Crippen molar-refractivity contribution in [3.63, 3.8) is 0 Å². The van der Waals surface area contributed by atoms with E-state index in [2.05, 4.69) is 26.6 Å². The van der Waals surface area contributed by atoms with E-state index in [4.69, 9.17) is 14.5 Å². The number of carbonyl (C=O) groups is 1. The van der Waals surface area contributed by atoms with E-state index in [0.717, 1.165) is 78.1 Å². The Kier molecular flexibility index (Phi) is 8.66. The van der Waals surface area contributed by atoms with E-state index in [1.807, 2.05) is 63.2 Å². The Balaban J connectivity index is 1.35. The molecule has 0 spiro atoms. The molecule has 3 N–H and O–H groups in total. The normalized spacial score (nSPS) is 20.3. The number of aromatic amines is 1. The highest BCUT2D eigenvalue weighted by Gasteiger charge is 2.46. The lowest BCUT2D eigenvalue weighted by Crippen LogP contribution is -2.47. The molecular formula is C32H39N5O4S2. The second-order valence-corrected chi connectivity index (χ2v) is 13.6. The minimum absolute atomic E-state index is 0.116. The topological polar surface area (TPSA) is 109 Å². The van der Waals surface area contributed by atoms with E-state index in [-0.39, 0.29) is 23.9 Å². The Bertz CT molecular complexity index is 1570. The molecule has 3 aliphatic heterocycles. The number of aromatic nitrogens is 2. The van der Waals surface area contributed by atoms with E-state index in [1.54, 1.807) is 0 Å². The average Bonchev–Trinajstić information content (AvgIpc) is 3.40. The van der Waals surface area contributed by atoms with Crippen LogP contribution in [-0.2, 0) is 6.54 Å². The van der Waals surface area contributed by atoms with Crippen LogP contribution in [0.1, 0.15) is 46.9 Å². The third kappa shape index (κ3) is 5.99. The van der Waals surface area contributed by atoms with Crippen molar-refractivity contribution in [1.29, 1.82) is 0 Å². The molecule has 1 amide bonds. The fourth-order valence-electron chi connectivity index (χ4n) is 6.17. The molecular weight excluding hydrogens is 583 g/mol. The van der Waals surface area contributed by atoms with E-state index >= 15 is 0 Å². The van der Waals surface area contributed by atoms with Crippen LogP contribution in [0, 0.1) is 19.8 Å². The molecule has 3 aliphatic rings. The number of hydrogen-bond donors (Lipinski definition) is 3. The Morgan fingerprint density at radius 3 is 2.60 bits per heavy atom. The van der Waals surface area contributed by atoms with Crippen LogP contribution in [0.3, 0.4) is 0 Å². The van der Waals surface area contributed by atoms with Crippen LogP contribution in [0.15, 0.2) is 40.2 Å². The standard InChI is InChI=1S/C32H39N5O4S2/c1-19-15-26(42-4)25(31(39)36-19)18-35-30(38)23-16-24(21-5-6-27(34-17-21)37-11-13-43-14-12-37)29-28(20(23)2)40-32(3,41-29)22-7-9-33-10-8-22/h5-6,15-17,22,33H,7-14,18H2,1-4H3,(H,35,38)(H,36,39). The lowest BCUT2D eigenvalue weighted by molar-refractivity contribution is -0.117. The molecule has 2 fully saturated rings. The van der Waals surface area contributed by atoms with Crippen molar-refractivity contribution in [3.8, 4) is 22.6 Å². The minimum Gasteiger partial charge on any atom is -0.448 e. The lowest BCUT2D eigenvalue weighted by Gasteiger charge is -2.35. The van der Waals surface area contributed by atoms with Crippen molar-refractivity contribution < 1.29 is 14.3 Å². The molecule has 0 saturated carbocycles. The van der Waals surface area contributed by atoms with Gasteiger partial charge in [0.05, 0.1) is 0 Å². The van der Waals surface area contributed by atoms with Crippen LogP contribution in [0.25, 0.3) is 11.1 Å². The minimum atomic E-state index is -0.833. The smallest absolute Gasteiger partial charge is 0.254 e. The van der Waals surface area contributed by atoms with Gasteiger partial charge in [0.25, 0.3) is 17.3 Å². The molecule has 0 radical (unpaired) electrons. The van der Waals surface area contributed by atoms with Crippen molar-refractivity contribution in [2.24, 2.45) is 5.92 Å². The van der Waals surface area contributed by atoms with Gasteiger partial charge in [0.2, 0.25) is 0 Å². The van der Waals surface area contributed by atoms with Crippen molar-refractivity contribution in [1.82, 2.24) is 20.6 Å². The zero-order valence-corrected chi connectivity index (χ0v) is 26.8. The van der Waals surface area contributed by atoms with Gasteiger partial charge in [-0.1, -0.05) is 0 Å². The van der Waals surface area contributed by atoms with Crippen molar-refractivity contribution in [3.05, 3.63) is 63.2 Å². The second kappa shape index (κ2) is 12.5. The Morgan fingerprint density at radius 2 is 1.91 bits per heavy atom. The largest absolute Gasteiger partial charge is 0.448 e. The van der Waals surface area contributed by atoms with E-state index in [9.17, 15) is 9.59 Å². The summed E-state index contributed by atoms with van der Waals surface area (Å²) in [6, 6.07) is 7.91. The summed E-state index contributed by atoms with van der Waals surface area (Å²) in [6.45, 7) is 9.67. The first-order valence-electron chi connectivity index (χ1n) is 14.9. The number of fused-ring (bicyclic) bond motifs is 1. The van der Waals surface area contributed by atoms with Crippen LogP contribution in [0.2, 0.25) is 0 Å². The molecule has 0 aliphatic carbocycles. The lowest BCUT2D eigenvalue weighted by atomic mass is 9.90. The van der Waals surface area contributed by atoms with Gasteiger partial charge >= 0.3 is 0 Å². The molecule has 1 aromatic carbocycles. The third-order valence-corrected chi connectivity index (χ3v) is 10.4. The molecule has 9 nitrogen and oxygen atoms in total. The first-order chi connectivity index (χ1) is 20.8. The van der Waals surface area contributed by atoms with Crippen LogP contribution in [0.4, 0.5) is 5.82 Å². The summed E-state index contributed by atoms with van der Waals surface area (Å²) in [5.41, 5.74) is 3.97. The monoisotopic (exact) mass is 621 g/mol. The van der Waals surface area contributed by atoms with Crippen LogP contribution < -0.4 is 30.6 Å². The Labute approximate surface area is 260 Å². The number of hydrogen-bond acceptors (Lipinski definition) is 9. The van der Waals surface area contributed by atoms with Gasteiger partial charge in [0, 0.05) is 88.6 Å². The predicted octanol–water partition coefficient (Wildman–Crippen LogP) is 4.75. The highest BCUT2D eigenvalue weighted by Crippen LogP contribution is 2.52. The number of carbonyl (C=O) groups excluding carboxylic acids is 1. The summed E-state index contributed by atoms with van der Waals surface area (Å²) < 4.78 is 13.3. The van der Waals surface area contributed by atoms with Gasteiger partial charge in [-0.05, 0) is 70.3 Å². The number of H-pyrrole nitrogens is 1. The zero-order chi connectivity index (χ0) is 30.1.